The number of amides is 1. The van der Waals surface area contributed by atoms with Crippen LogP contribution in [0.3, 0.4) is 0 Å². The van der Waals surface area contributed by atoms with E-state index in [1.54, 1.807) is 42.3 Å². The number of ether oxygens (including phenoxy) is 1. The summed E-state index contributed by atoms with van der Waals surface area (Å²) in [5.74, 6) is 0.529. The number of sulfonamides is 1. The van der Waals surface area contributed by atoms with Crippen LogP contribution in [0, 0.1) is 0 Å². The third kappa shape index (κ3) is 4.68. The molecule has 0 unspecified atom stereocenters. The molecule has 6 nitrogen and oxygen atoms in total. The van der Waals surface area contributed by atoms with Crippen molar-refractivity contribution in [3.05, 3.63) is 88.4 Å². The maximum atomic E-state index is 13.1. The first-order valence-electron chi connectivity index (χ1n) is 9.69. The number of nitrogens with one attached hydrogen (secondary N) is 1. The topological polar surface area (TPSA) is 75.7 Å². The number of carbonyl (C=O) groups excluding carboxylic acids is 1. The lowest BCUT2D eigenvalue weighted by atomic mass is 9.99. The standard InChI is InChI=1S/C23H21ClN2O4S/c1-30-21-9-8-16-10-11-26(15-18(16)12-21)23(27)17-4-2-7-22(13-17)31(28,29)25-20-6-3-5-19(24)14-20/h2-9,12-14,25H,10-11,15H2,1H3. The Morgan fingerprint density at radius 3 is 2.61 bits per heavy atom. The third-order valence-corrected chi connectivity index (χ3v) is 6.80. The van der Waals surface area contributed by atoms with E-state index < -0.39 is 10.0 Å². The SMILES string of the molecule is COc1ccc2c(c1)CN(C(=O)c1cccc(S(=O)(=O)Nc3cccc(Cl)c3)c1)CC2. The molecule has 8 heteroatoms. The number of carbonyl (C=O) groups is 1. The van der Waals surface area contributed by atoms with Crippen molar-refractivity contribution in [2.75, 3.05) is 18.4 Å². The number of rotatable bonds is 5. The molecule has 31 heavy (non-hydrogen) atoms. The van der Waals surface area contributed by atoms with Gasteiger partial charge in [0.25, 0.3) is 15.9 Å². The largest absolute Gasteiger partial charge is 0.497 e. The van der Waals surface area contributed by atoms with Crippen LogP contribution in [0.1, 0.15) is 21.5 Å². The molecule has 1 aliphatic rings. The molecular weight excluding hydrogens is 436 g/mol. The zero-order chi connectivity index (χ0) is 22.0. The lowest BCUT2D eigenvalue weighted by Crippen LogP contribution is -2.36. The van der Waals surface area contributed by atoms with Gasteiger partial charge < -0.3 is 9.64 Å². The van der Waals surface area contributed by atoms with Gasteiger partial charge in [-0.05, 0) is 66.1 Å². The molecule has 3 aromatic rings. The van der Waals surface area contributed by atoms with Gasteiger partial charge in [-0.25, -0.2) is 8.42 Å². The van der Waals surface area contributed by atoms with E-state index in [2.05, 4.69) is 4.72 Å². The molecule has 0 saturated heterocycles. The monoisotopic (exact) mass is 456 g/mol. The fourth-order valence-electron chi connectivity index (χ4n) is 3.58. The van der Waals surface area contributed by atoms with E-state index >= 15 is 0 Å². The second-order valence-corrected chi connectivity index (χ2v) is 9.37. The zero-order valence-corrected chi connectivity index (χ0v) is 18.4. The average molecular weight is 457 g/mol. The maximum absolute atomic E-state index is 13.1. The lowest BCUT2D eigenvalue weighted by Gasteiger charge is -2.29. The van der Waals surface area contributed by atoms with E-state index in [1.165, 1.54) is 23.8 Å². The fraction of sp³-hybridized carbons (Fsp3) is 0.174. The Labute approximate surface area is 186 Å². The van der Waals surface area contributed by atoms with Gasteiger partial charge in [-0.2, -0.15) is 0 Å². The minimum atomic E-state index is -3.87. The molecule has 0 bridgehead atoms. The number of fused-ring (bicyclic) bond motifs is 1. The molecule has 3 aromatic carbocycles. The predicted octanol–water partition coefficient (Wildman–Crippen LogP) is 4.35. The normalized spacial score (nSPS) is 13.4. The predicted molar refractivity (Wildman–Crippen MR) is 120 cm³/mol. The first-order chi connectivity index (χ1) is 14.9. The van der Waals surface area contributed by atoms with Gasteiger partial charge in [0.05, 0.1) is 17.7 Å². The molecule has 0 atom stereocenters. The van der Waals surface area contributed by atoms with Gasteiger partial charge in [0, 0.05) is 23.7 Å². The maximum Gasteiger partial charge on any atom is 0.261 e. The number of benzene rings is 3. The van der Waals surface area contributed by atoms with Crippen LogP contribution < -0.4 is 9.46 Å². The van der Waals surface area contributed by atoms with Crippen molar-refractivity contribution >= 4 is 33.2 Å². The van der Waals surface area contributed by atoms with Gasteiger partial charge in [-0.3, -0.25) is 9.52 Å². The van der Waals surface area contributed by atoms with Crippen molar-refractivity contribution in [2.45, 2.75) is 17.9 Å². The van der Waals surface area contributed by atoms with Crippen molar-refractivity contribution in [1.82, 2.24) is 4.90 Å². The third-order valence-electron chi connectivity index (χ3n) is 5.18. The summed E-state index contributed by atoms with van der Waals surface area (Å²) in [7, 11) is -2.26. The molecule has 1 amide bonds. The number of hydrogen-bond acceptors (Lipinski definition) is 4. The Hall–Kier alpha value is -3.03. The van der Waals surface area contributed by atoms with Crippen molar-refractivity contribution in [2.24, 2.45) is 0 Å². The minimum absolute atomic E-state index is 0.0115. The van der Waals surface area contributed by atoms with Crippen LogP contribution in [0.5, 0.6) is 5.75 Å². The number of methoxy groups -OCH3 is 1. The summed E-state index contributed by atoms with van der Waals surface area (Å²) >= 11 is 5.93. The molecule has 0 saturated carbocycles. The fourth-order valence-corrected chi connectivity index (χ4v) is 4.86. The van der Waals surface area contributed by atoms with Gasteiger partial charge in [-0.15, -0.1) is 0 Å². The highest BCUT2D eigenvalue weighted by molar-refractivity contribution is 7.92. The van der Waals surface area contributed by atoms with E-state index in [4.69, 9.17) is 16.3 Å². The van der Waals surface area contributed by atoms with Crippen LogP contribution in [-0.2, 0) is 23.0 Å². The molecule has 0 aromatic heterocycles. The first-order valence-corrected chi connectivity index (χ1v) is 11.6. The highest BCUT2D eigenvalue weighted by atomic mass is 35.5. The molecule has 0 spiro atoms. The summed E-state index contributed by atoms with van der Waals surface area (Å²) in [6.07, 6.45) is 0.735. The van der Waals surface area contributed by atoms with Crippen LogP contribution in [0.4, 0.5) is 5.69 Å². The molecule has 1 heterocycles. The summed E-state index contributed by atoms with van der Waals surface area (Å²) in [5, 5.41) is 0.422. The zero-order valence-electron chi connectivity index (χ0n) is 16.8. The molecule has 0 aliphatic carbocycles. The highest BCUT2D eigenvalue weighted by Crippen LogP contribution is 2.26. The number of anilines is 1. The number of nitrogens with zero attached hydrogens (tertiary/aromatic N) is 1. The summed E-state index contributed by atoms with van der Waals surface area (Å²) in [5.41, 5.74) is 2.89. The van der Waals surface area contributed by atoms with Gasteiger partial charge in [0.15, 0.2) is 0 Å². The van der Waals surface area contributed by atoms with Gasteiger partial charge in [0.2, 0.25) is 0 Å². The Morgan fingerprint density at radius 2 is 1.84 bits per heavy atom. The van der Waals surface area contributed by atoms with E-state index in [-0.39, 0.29) is 10.8 Å². The van der Waals surface area contributed by atoms with Gasteiger partial charge in [0.1, 0.15) is 5.75 Å². The molecule has 0 fully saturated rings. The Morgan fingerprint density at radius 1 is 1.03 bits per heavy atom. The quantitative estimate of drug-likeness (QED) is 0.619. The molecule has 0 radical (unpaired) electrons. The number of halogens is 1. The summed E-state index contributed by atoms with van der Waals surface area (Å²) in [6, 6.07) is 18.4. The first kappa shape index (κ1) is 21.2. The van der Waals surface area contributed by atoms with Gasteiger partial charge >= 0.3 is 0 Å². The van der Waals surface area contributed by atoms with Crippen molar-refractivity contribution in [3.63, 3.8) is 0 Å². The molecule has 1 aliphatic heterocycles. The molecule has 1 N–H and O–H groups in total. The summed E-state index contributed by atoms with van der Waals surface area (Å²) in [6.45, 7) is 1.01. The minimum Gasteiger partial charge on any atom is -0.497 e. The lowest BCUT2D eigenvalue weighted by molar-refractivity contribution is 0.0734. The molecular formula is C23H21ClN2O4S. The van der Waals surface area contributed by atoms with E-state index in [1.807, 2.05) is 18.2 Å². The highest BCUT2D eigenvalue weighted by Gasteiger charge is 2.24. The van der Waals surface area contributed by atoms with Crippen LogP contribution in [0.2, 0.25) is 5.02 Å². The van der Waals surface area contributed by atoms with Crippen LogP contribution in [0.25, 0.3) is 0 Å². The van der Waals surface area contributed by atoms with Crippen molar-refractivity contribution in [3.8, 4) is 5.75 Å². The smallest absolute Gasteiger partial charge is 0.261 e. The van der Waals surface area contributed by atoms with E-state index in [0.717, 1.165) is 17.7 Å². The van der Waals surface area contributed by atoms with Crippen molar-refractivity contribution < 1.29 is 17.9 Å². The Kier molecular flexibility index (Phi) is 5.89. The van der Waals surface area contributed by atoms with Crippen molar-refractivity contribution in [1.29, 1.82) is 0 Å². The number of hydrogen-bond donors (Lipinski definition) is 1. The summed E-state index contributed by atoms with van der Waals surface area (Å²) < 4.78 is 33.4. The van der Waals surface area contributed by atoms with Crippen LogP contribution in [-0.4, -0.2) is 32.9 Å². The Balaban J connectivity index is 1.55. The van der Waals surface area contributed by atoms with E-state index in [9.17, 15) is 13.2 Å². The van der Waals surface area contributed by atoms with E-state index in [0.29, 0.717) is 29.4 Å². The molecule has 160 valence electrons. The van der Waals surface area contributed by atoms with Crippen LogP contribution >= 0.6 is 11.6 Å². The summed E-state index contributed by atoms with van der Waals surface area (Å²) in [4.78, 5) is 14.8. The molecule has 4 rings (SSSR count). The van der Waals surface area contributed by atoms with Crippen LogP contribution in [0.15, 0.2) is 71.6 Å². The second-order valence-electron chi connectivity index (χ2n) is 7.26. The Bertz CT molecular complexity index is 1240. The van der Waals surface area contributed by atoms with Gasteiger partial charge in [-0.1, -0.05) is 29.8 Å². The average Bonchev–Trinajstić information content (AvgIpc) is 2.77. The second kappa shape index (κ2) is 8.61.